The quantitative estimate of drug-likeness (QED) is 0.752. The van der Waals surface area contributed by atoms with Crippen LogP contribution in [0.1, 0.15) is 22.6 Å². The minimum absolute atomic E-state index is 0.549. The summed E-state index contributed by atoms with van der Waals surface area (Å²) < 4.78 is 0. The first-order valence-corrected chi connectivity index (χ1v) is 7.75. The number of carboxylic acids is 1. The average molecular weight is 318 g/mol. The molecule has 3 nitrogen and oxygen atoms in total. The zero-order chi connectivity index (χ0) is 17.0. The van der Waals surface area contributed by atoms with Gasteiger partial charge in [0.2, 0.25) is 0 Å². The normalized spacial score (nSPS) is 12.5. The molecular weight excluding hydrogens is 300 g/mol. The van der Waals surface area contributed by atoms with Gasteiger partial charge in [0.05, 0.1) is 0 Å². The Bertz CT molecular complexity index is 759. The lowest BCUT2D eigenvalue weighted by Crippen LogP contribution is -2.39. The van der Waals surface area contributed by atoms with Crippen molar-refractivity contribution < 1.29 is 15.0 Å². The fraction of sp³-hybridized carbons (Fsp3) is 0.0952. The van der Waals surface area contributed by atoms with Crippen molar-refractivity contribution in [1.29, 1.82) is 0 Å². The van der Waals surface area contributed by atoms with Crippen molar-refractivity contribution in [2.75, 3.05) is 0 Å². The third-order valence-electron chi connectivity index (χ3n) is 4.23. The monoisotopic (exact) mass is 318 g/mol. The second kappa shape index (κ2) is 6.69. The fourth-order valence-corrected chi connectivity index (χ4v) is 3.09. The van der Waals surface area contributed by atoms with Gasteiger partial charge in [0.15, 0.2) is 0 Å². The van der Waals surface area contributed by atoms with E-state index in [4.69, 9.17) is 0 Å². The maximum atomic E-state index is 12.1. The number of rotatable bonds is 5. The Hall–Kier alpha value is -2.91. The van der Waals surface area contributed by atoms with E-state index in [1.54, 1.807) is 72.8 Å². The first kappa shape index (κ1) is 16.0. The van der Waals surface area contributed by atoms with Crippen molar-refractivity contribution >= 4 is 5.97 Å². The van der Waals surface area contributed by atoms with E-state index in [1.165, 1.54) is 0 Å². The minimum Gasteiger partial charge on any atom is -0.481 e. The van der Waals surface area contributed by atoms with Gasteiger partial charge in [0.25, 0.3) is 0 Å². The van der Waals surface area contributed by atoms with Crippen molar-refractivity contribution in [2.45, 2.75) is 11.5 Å². The Labute approximate surface area is 140 Å². The summed E-state index contributed by atoms with van der Waals surface area (Å²) in [7, 11) is 0. The van der Waals surface area contributed by atoms with Crippen LogP contribution in [0.15, 0.2) is 91.0 Å². The van der Waals surface area contributed by atoms with Gasteiger partial charge in [-0.2, -0.15) is 0 Å². The van der Waals surface area contributed by atoms with Crippen molar-refractivity contribution in [2.24, 2.45) is 0 Å². The average Bonchev–Trinajstić information content (AvgIpc) is 2.64. The Morgan fingerprint density at radius 3 is 1.46 bits per heavy atom. The summed E-state index contributed by atoms with van der Waals surface area (Å²) in [6.45, 7) is 0. The van der Waals surface area contributed by atoms with Crippen LogP contribution >= 0.6 is 0 Å². The molecule has 0 radical (unpaired) electrons. The molecule has 0 amide bonds. The molecular formula is C21H18O3. The lowest BCUT2D eigenvalue weighted by molar-refractivity contribution is -0.144. The predicted molar refractivity (Wildman–Crippen MR) is 92.7 cm³/mol. The van der Waals surface area contributed by atoms with E-state index in [0.29, 0.717) is 16.7 Å². The fourth-order valence-electron chi connectivity index (χ4n) is 3.09. The third-order valence-corrected chi connectivity index (χ3v) is 4.23. The van der Waals surface area contributed by atoms with Gasteiger partial charge in [-0.05, 0) is 16.7 Å². The first-order chi connectivity index (χ1) is 11.6. The zero-order valence-electron chi connectivity index (χ0n) is 13.0. The molecule has 0 fully saturated rings. The Morgan fingerprint density at radius 2 is 1.08 bits per heavy atom. The summed E-state index contributed by atoms with van der Waals surface area (Å²) in [5, 5.41) is 21.6. The number of aliphatic hydroxyl groups is 1. The molecule has 24 heavy (non-hydrogen) atoms. The molecule has 0 aromatic heterocycles. The molecule has 2 N–H and O–H groups in total. The molecule has 0 bridgehead atoms. The van der Waals surface area contributed by atoms with Crippen molar-refractivity contribution in [1.82, 2.24) is 0 Å². The largest absolute Gasteiger partial charge is 0.481 e. The number of aliphatic carboxylic acids is 1. The van der Waals surface area contributed by atoms with E-state index in [9.17, 15) is 15.0 Å². The molecule has 0 heterocycles. The number of carboxylic acid groups (broad SMARTS) is 1. The predicted octanol–water partition coefficient (Wildman–Crippen LogP) is 3.79. The lowest BCUT2D eigenvalue weighted by atomic mass is 9.73. The number of carbonyl (C=O) groups is 1. The number of hydrogen-bond acceptors (Lipinski definition) is 2. The standard InChI is InChI=1S/C21H18O3/c22-20(23)19(16-10-4-1-5-11-16)21(24,17-12-6-2-7-13-17)18-14-8-3-9-15-18/h1-15,19,24H,(H,22,23)/t19-/m0/s1. The minimum atomic E-state index is -1.67. The SMILES string of the molecule is O=C(O)[C@H](c1ccccc1)C(O)(c1ccccc1)c1ccccc1. The van der Waals surface area contributed by atoms with Gasteiger partial charge < -0.3 is 10.2 Å². The summed E-state index contributed by atoms with van der Waals surface area (Å²) in [6, 6.07) is 26.7. The molecule has 0 aliphatic heterocycles. The summed E-state index contributed by atoms with van der Waals surface area (Å²) in [5.74, 6) is -2.19. The molecule has 0 unspecified atom stereocenters. The molecule has 1 atom stereocenters. The Kier molecular flexibility index (Phi) is 4.45. The van der Waals surface area contributed by atoms with Crippen LogP contribution in [0, 0.1) is 0 Å². The summed E-state index contributed by atoms with van der Waals surface area (Å²) in [5.41, 5.74) is -0.0180. The molecule has 3 aromatic carbocycles. The molecule has 0 spiro atoms. The highest BCUT2D eigenvalue weighted by atomic mass is 16.4. The van der Waals surface area contributed by atoms with E-state index >= 15 is 0 Å². The molecule has 3 heteroatoms. The van der Waals surface area contributed by atoms with Gasteiger partial charge in [0.1, 0.15) is 11.5 Å². The van der Waals surface area contributed by atoms with E-state index in [2.05, 4.69) is 0 Å². The second-order valence-electron chi connectivity index (χ2n) is 5.68. The van der Waals surface area contributed by atoms with Crippen LogP contribution in [-0.2, 0) is 10.4 Å². The number of hydrogen-bond donors (Lipinski definition) is 2. The third kappa shape index (κ3) is 2.82. The lowest BCUT2D eigenvalue weighted by Gasteiger charge is -2.35. The van der Waals surface area contributed by atoms with Crippen LogP contribution in [0.4, 0.5) is 0 Å². The smallest absolute Gasteiger partial charge is 0.314 e. The van der Waals surface area contributed by atoms with Gasteiger partial charge in [-0.15, -0.1) is 0 Å². The Balaban J connectivity index is 2.26. The van der Waals surface area contributed by atoms with Gasteiger partial charge in [-0.3, -0.25) is 4.79 Å². The van der Waals surface area contributed by atoms with Gasteiger partial charge in [0, 0.05) is 0 Å². The van der Waals surface area contributed by atoms with Crippen LogP contribution in [-0.4, -0.2) is 16.2 Å². The van der Waals surface area contributed by atoms with E-state index < -0.39 is 17.5 Å². The van der Waals surface area contributed by atoms with Gasteiger partial charge in [-0.25, -0.2) is 0 Å². The van der Waals surface area contributed by atoms with Crippen molar-refractivity contribution in [3.63, 3.8) is 0 Å². The summed E-state index contributed by atoms with van der Waals surface area (Å²) >= 11 is 0. The topological polar surface area (TPSA) is 57.5 Å². The first-order valence-electron chi connectivity index (χ1n) is 7.75. The van der Waals surface area contributed by atoms with E-state index in [1.807, 2.05) is 18.2 Å². The molecule has 0 saturated carbocycles. The highest BCUT2D eigenvalue weighted by molar-refractivity contribution is 5.79. The Morgan fingerprint density at radius 1 is 0.708 bits per heavy atom. The summed E-state index contributed by atoms with van der Waals surface area (Å²) in [6.07, 6.45) is 0. The highest BCUT2D eigenvalue weighted by Crippen LogP contribution is 2.42. The molecule has 0 aliphatic rings. The molecule has 0 saturated heterocycles. The second-order valence-corrected chi connectivity index (χ2v) is 5.68. The van der Waals surface area contributed by atoms with Crippen LogP contribution in [0.2, 0.25) is 0 Å². The van der Waals surface area contributed by atoms with Gasteiger partial charge in [-0.1, -0.05) is 91.0 Å². The maximum Gasteiger partial charge on any atom is 0.314 e. The number of benzene rings is 3. The maximum absolute atomic E-state index is 12.1. The van der Waals surface area contributed by atoms with Crippen LogP contribution in [0.25, 0.3) is 0 Å². The van der Waals surface area contributed by atoms with Crippen molar-refractivity contribution in [3.05, 3.63) is 108 Å². The zero-order valence-corrected chi connectivity index (χ0v) is 13.0. The van der Waals surface area contributed by atoms with Crippen LogP contribution < -0.4 is 0 Å². The van der Waals surface area contributed by atoms with Crippen LogP contribution in [0.3, 0.4) is 0 Å². The molecule has 120 valence electrons. The highest BCUT2D eigenvalue weighted by Gasteiger charge is 2.45. The van der Waals surface area contributed by atoms with E-state index in [-0.39, 0.29) is 0 Å². The van der Waals surface area contributed by atoms with E-state index in [0.717, 1.165) is 0 Å². The molecule has 3 rings (SSSR count). The van der Waals surface area contributed by atoms with Crippen LogP contribution in [0.5, 0.6) is 0 Å². The van der Waals surface area contributed by atoms with Gasteiger partial charge >= 0.3 is 5.97 Å². The van der Waals surface area contributed by atoms with Crippen molar-refractivity contribution in [3.8, 4) is 0 Å². The summed E-state index contributed by atoms with van der Waals surface area (Å²) in [4.78, 5) is 12.1. The molecule has 3 aromatic rings. The molecule has 0 aliphatic carbocycles.